The van der Waals surface area contributed by atoms with Crippen molar-refractivity contribution < 1.29 is 0 Å². The Balaban J connectivity index is 2.53. The Hall–Kier alpha value is -1.15. The standard InChI is InChI=1S/C12H8BrN/c13-9-5-3-7-11-12(9)8-4-1-2-6-10(8)14-11/h1,3-7H,2H2. The highest BCUT2D eigenvalue weighted by Crippen LogP contribution is 2.21. The van der Waals surface area contributed by atoms with Gasteiger partial charge in [-0.3, -0.25) is 0 Å². The number of halogens is 1. The Bertz CT molecular complexity index is 579. The topological polar surface area (TPSA) is 12.4 Å². The van der Waals surface area contributed by atoms with Gasteiger partial charge in [0.1, 0.15) is 0 Å². The van der Waals surface area contributed by atoms with Crippen molar-refractivity contribution in [2.75, 3.05) is 0 Å². The minimum Gasteiger partial charge on any atom is -0.248 e. The molecule has 0 amide bonds. The molecule has 1 aliphatic heterocycles. The summed E-state index contributed by atoms with van der Waals surface area (Å²) in [6.45, 7) is 0. The van der Waals surface area contributed by atoms with E-state index in [0.29, 0.717) is 0 Å². The normalized spacial score (nSPS) is 17.2. The van der Waals surface area contributed by atoms with Crippen molar-refractivity contribution >= 4 is 21.5 Å². The Morgan fingerprint density at radius 1 is 1.29 bits per heavy atom. The lowest BCUT2D eigenvalue weighted by atomic mass is 10.1. The van der Waals surface area contributed by atoms with Gasteiger partial charge in [0.2, 0.25) is 0 Å². The van der Waals surface area contributed by atoms with Crippen molar-refractivity contribution in [3.8, 4) is 0 Å². The third kappa shape index (κ3) is 1.04. The molecule has 0 bridgehead atoms. The van der Waals surface area contributed by atoms with Gasteiger partial charge in [-0.25, -0.2) is 4.99 Å². The first-order valence-corrected chi connectivity index (χ1v) is 5.40. The van der Waals surface area contributed by atoms with Gasteiger partial charge in [-0.05, 0) is 18.6 Å². The van der Waals surface area contributed by atoms with Crippen LogP contribution < -0.4 is 10.6 Å². The molecule has 1 aromatic rings. The molecule has 1 nitrogen and oxygen atoms in total. The Morgan fingerprint density at radius 2 is 2.21 bits per heavy atom. The fourth-order valence-electron chi connectivity index (χ4n) is 1.88. The van der Waals surface area contributed by atoms with Gasteiger partial charge in [0.05, 0.1) is 11.1 Å². The summed E-state index contributed by atoms with van der Waals surface area (Å²) in [5.74, 6) is 0. The summed E-state index contributed by atoms with van der Waals surface area (Å²) >= 11 is 3.57. The van der Waals surface area contributed by atoms with E-state index in [2.05, 4.69) is 51.3 Å². The van der Waals surface area contributed by atoms with Crippen LogP contribution in [-0.4, -0.2) is 0 Å². The molecule has 0 radical (unpaired) electrons. The lowest BCUT2D eigenvalue weighted by Crippen LogP contribution is -2.23. The zero-order valence-corrected chi connectivity index (χ0v) is 9.08. The molecular weight excluding hydrogens is 238 g/mol. The van der Waals surface area contributed by atoms with Gasteiger partial charge in [0.25, 0.3) is 0 Å². The number of benzene rings is 1. The van der Waals surface area contributed by atoms with E-state index in [0.717, 1.165) is 21.9 Å². The molecule has 2 aliphatic rings. The summed E-state index contributed by atoms with van der Waals surface area (Å²) in [5.41, 5.74) is 2.37. The predicted octanol–water partition coefficient (Wildman–Crippen LogP) is 2.08. The lowest BCUT2D eigenvalue weighted by molar-refractivity contribution is 1.25. The maximum atomic E-state index is 4.58. The molecule has 0 N–H and O–H groups in total. The minimum atomic E-state index is 0.994. The van der Waals surface area contributed by atoms with Crippen LogP contribution in [0.4, 0.5) is 0 Å². The van der Waals surface area contributed by atoms with Gasteiger partial charge in [0.15, 0.2) is 0 Å². The highest BCUT2D eigenvalue weighted by Gasteiger charge is 2.13. The van der Waals surface area contributed by atoms with E-state index in [1.54, 1.807) is 0 Å². The Morgan fingerprint density at radius 3 is 3.14 bits per heavy atom. The predicted molar refractivity (Wildman–Crippen MR) is 60.2 cm³/mol. The molecule has 3 rings (SSSR count). The number of rotatable bonds is 0. The lowest BCUT2D eigenvalue weighted by Gasteiger charge is -2.02. The van der Waals surface area contributed by atoms with E-state index in [9.17, 15) is 0 Å². The number of nitrogens with zero attached hydrogens (tertiary/aromatic N) is 1. The third-order valence-electron chi connectivity index (χ3n) is 2.51. The van der Waals surface area contributed by atoms with Gasteiger partial charge in [0, 0.05) is 15.3 Å². The van der Waals surface area contributed by atoms with Gasteiger partial charge >= 0.3 is 0 Å². The largest absolute Gasteiger partial charge is 0.248 e. The van der Waals surface area contributed by atoms with Gasteiger partial charge < -0.3 is 0 Å². The van der Waals surface area contributed by atoms with Crippen LogP contribution in [0.15, 0.2) is 51.6 Å². The van der Waals surface area contributed by atoms with Crippen molar-refractivity contribution in [3.63, 3.8) is 0 Å². The molecule has 2 heteroatoms. The molecule has 14 heavy (non-hydrogen) atoms. The summed E-state index contributed by atoms with van der Waals surface area (Å²) < 4.78 is 1.13. The number of fused-ring (bicyclic) bond motifs is 2. The summed E-state index contributed by atoms with van der Waals surface area (Å²) in [6, 6.07) is 6.14. The third-order valence-corrected chi connectivity index (χ3v) is 3.17. The van der Waals surface area contributed by atoms with E-state index < -0.39 is 0 Å². The molecule has 1 aliphatic carbocycles. The van der Waals surface area contributed by atoms with Gasteiger partial charge in [-0.15, -0.1) is 0 Å². The molecule has 0 atom stereocenters. The highest BCUT2D eigenvalue weighted by molar-refractivity contribution is 9.10. The average Bonchev–Trinajstić information content (AvgIpc) is 2.57. The van der Waals surface area contributed by atoms with Crippen molar-refractivity contribution in [1.29, 1.82) is 0 Å². The molecule has 1 aromatic carbocycles. The summed E-state index contributed by atoms with van der Waals surface area (Å²) in [6.07, 6.45) is 7.49. The van der Waals surface area contributed by atoms with Crippen molar-refractivity contribution in [2.24, 2.45) is 4.99 Å². The van der Waals surface area contributed by atoms with Crippen molar-refractivity contribution in [2.45, 2.75) is 6.42 Å². The molecule has 0 unspecified atom stereocenters. The van der Waals surface area contributed by atoms with E-state index in [1.807, 2.05) is 6.07 Å². The summed E-state index contributed by atoms with van der Waals surface area (Å²) in [4.78, 5) is 4.58. The van der Waals surface area contributed by atoms with Gasteiger partial charge in [-0.2, -0.15) is 0 Å². The zero-order valence-electron chi connectivity index (χ0n) is 7.50. The smallest absolute Gasteiger partial charge is 0.0727 e. The second kappa shape index (κ2) is 2.92. The summed E-state index contributed by atoms with van der Waals surface area (Å²) in [7, 11) is 0. The number of hydrogen-bond acceptors (Lipinski definition) is 1. The van der Waals surface area contributed by atoms with E-state index in [-0.39, 0.29) is 0 Å². The molecule has 1 heterocycles. The van der Waals surface area contributed by atoms with Crippen LogP contribution in [0.2, 0.25) is 0 Å². The first-order chi connectivity index (χ1) is 6.86. The Labute approximate surface area is 90.3 Å². The molecular formula is C12H8BrN. The van der Waals surface area contributed by atoms with Crippen LogP contribution in [0.3, 0.4) is 0 Å². The fourth-order valence-corrected chi connectivity index (χ4v) is 2.45. The van der Waals surface area contributed by atoms with Crippen LogP contribution in [0, 0.1) is 0 Å². The molecule has 0 saturated heterocycles. The quantitative estimate of drug-likeness (QED) is 0.664. The van der Waals surface area contributed by atoms with E-state index in [4.69, 9.17) is 0 Å². The highest BCUT2D eigenvalue weighted by atomic mass is 79.9. The molecule has 0 spiro atoms. The van der Waals surface area contributed by atoms with Crippen LogP contribution in [0.25, 0.3) is 5.57 Å². The zero-order chi connectivity index (χ0) is 9.54. The second-order valence-electron chi connectivity index (χ2n) is 3.39. The SMILES string of the molecule is Brc1cccc2c1=C1C=CCC=C1N=2. The number of allylic oxidation sites excluding steroid dienone is 3. The van der Waals surface area contributed by atoms with E-state index >= 15 is 0 Å². The number of hydrogen-bond donors (Lipinski definition) is 0. The first kappa shape index (κ1) is 8.18. The molecule has 0 aromatic heterocycles. The average molecular weight is 246 g/mol. The van der Waals surface area contributed by atoms with Crippen LogP contribution in [0.5, 0.6) is 0 Å². The molecule has 0 saturated carbocycles. The molecule has 68 valence electrons. The summed E-state index contributed by atoms with van der Waals surface area (Å²) in [5, 5.41) is 2.31. The molecule has 0 fully saturated rings. The van der Waals surface area contributed by atoms with E-state index in [1.165, 1.54) is 10.8 Å². The Kier molecular flexibility index (Phi) is 1.71. The van der Waals surface area contributed by atoms with Crippen molar-refractivity contribution in [1.82, 2.24) is 0 Å². The van der Waals surface area contributed by atoms with Crippen molar-refractivity contribution in [3.05, 3.63) is 57.2 Å². The second-order valence-corrected chi connectivity index (χ2v) is 4.24. The maximum Gasteiger partial charge on any atom is 0.0727 e. The first-order valence-electron chi connectivity index (χ1n) is 4.61. The monoisotopic (exact) mass is 245 g/mol. The minimum absolute atomic E-state index is 0.994. The van der Waals surface area contributed by atoms with Gasteiger partial charge in [-0.1, -0.05) is 40.2 Å². The fraction of sp³-hybridized carbons (Fsp3) is 0.0833. The van der Waals surface area contributed by atoms with Crippen LogP contribution in [0.1, 0.15) is 6.42 Å². The van der Waals surface area contributed by atoms with Crippen LogP contribution >= 0.6 is 15.9 Å². The maximum absolute atomic E-state index is 4.58. The van der Waals surface area contributed by atoms with Crippen LogP contribution in [-0.2, 0) is 0 Å².